The van der Waals surface area contributed by atoms with E-state index < -0.39 is 0 Å². The van der Waals surface area contributed by atoms with Crippen molar-refractivity contribution in [2.75, 3.05) is 51.3 Å². The number of nitrogens with one attached hydrogen (secondary N) is 1. The Hall–Kier alpha value is -1.44. The van der Waals surface area contributed by atoms with E-state index in [1.807, 2.05) is 27.0 Å². The molecule has 2 heterocycles. The summed E-state index contributed by atoms with van der Waals surface area (Å²) in [5.41, 5.74) is 0.904. The molecule has 1 amide bonds. The Balaban J connectivity index is 1.81. The largest absolute Gasteiger partial charge is 0.380 e. The van der Waals surface area contributed by atoms with E-state index in [9.17, 15) is 4.79 Å². The van der Waals surface area contributed by atoms with Gasteiger partial charge in [0.05, 0.1) is 18.8 Å². The third-order valence-corrected chi connectivity index (χ3v) is 4.52. The zero-order chi connectivity index (χ0) is 17.5. The van der Waals surface area contributed by atoms with E-state index in [1.165, 1.54) is 0 Å². The highest BCUT2D eigenvalue weighted by molar-refractivity contribution is 5.91. The third-order valence-electron chi connectivity index (χ3n) is 4.52. The molecule has 1 saturated heterocycles. The van der Waals surface area contributed by atoms with E-state index in [-0.39, 0.29) is 5.91 Å². The fraction of sp³-hybridized carbons (Fsp3) is 0.765. The predicted molar refractivity (Wildman–Crippen MR) is 95.2 cm³/mol. The third kappa shape index (κ3) is 5.29. The summed E-state index contributed by atoms with van der Waals surface area (Å²) in [6.45, 7) is 11.9. The van der Waals surface area contributed by atoms with Gasteiger partial charge in [0.25, 0.3) is 0 Å². The van der Waals surface area contributed by atoms with Gasteiger partial charge in [0.2, 0.25) is 5.91 Å². The van der Waals surface area contributed by atoms with Crippen molar-refractivity contribution < 1.29 is 9.53 Å². The summed E-state index contributed by atoms with van der Waals surface area (Å²) in [6.07, 6.45) is 1.09. The van der Waals surface area contributed by atoms with Crippen LogP contribution in [0.1, 0.15) is 26.0 Å². The van der Waals surface area contributed by atoms with Crippen LogP contribution in [0.4, 0.5) is 5.82 Å². The summed E-state index contributed by atoms with van der Waals surface area (Å²) in [6, 6.07) is 2.38. The number of aromatic nitrogens is 2. The number of carbonyl (C=O) groups excluding carboxylic acids is 1. The van der Waals surface area contributed by atoms with Crippen LogP contribution in [0.15, 0.2) is 6.07 Å². The molecule has 1 aromatic heterocycles. The number of amides is 1. The Morgan fingerprint density at radius 1 is 1.42 bits per heavy atom. The Labute approximate surface area is 144 Å². The van der Waals surface area contributed by atoms with Crippen molar-refractivity contribution in [3.63, 3.8) is 0 Å². The second-order valence-corrected chi connectivity index (χ2v) is 6.37. The van der Waals surface area contributed by atoms with Crippen LogP contribution < -0.4 is 5.32 Å². The Kier molecular flexibility index (Phi) is 7.20. The SMILES string of the molecule is CCOCCN1CCN(CC(=O)Nc2cc(C)nn2C)C[C@H]1CC. The van der Waals surface area contributed by atoms with Crippen LogP contribution in [0.3, 0.4) is 0 Å². The number of anilines is 1. The number of nitrogens with zero attached hydrogens (tertiary/aromatic N) is 4. The van der Waals surface area contributed by atoms with Crippen LogP contribution in [0.25, 0.3) is 0 Å². The van der Waals surface area contributed by atoms with Crippen LogP contribution in [0.5, 0.6) is 0 Å². The summed E-state index contributed by atoms with van der Waals surface area (Å²) in [5, 5.41) is 7.20. The lowest BCUT2D eigenvalue weighted by molar-refractivity contribution is -0.118. The van der Waals surface area contributed by atoms with Gasteiger partial charge in [0, 0.05) is 51.9 Å². The molecule has 1 N–H and O–H groups in total. The van der Waals surface area contributed by atoms with Crippen LogP contribution >= 0.6 is 0 Å². The Morgan fingerprint density at radius 2 is 2.21 bits per heavy atom. The topological polar surface area (TPSA) is 62.6 Å². The molecule has 0 saturated carbocycles. The van der Waals surface area contributed by atoms with Gasteiger partial charge in [-0.2, -0.15) is 5.10 Å². The molecule has 1 aromatic rings. The first-order chi connectivity index (χ1) is 11.5. The van der Waals surface area contributed by atoms with Crippen molar-refractivity contribution in [3.8, 4) is 0 Å². The van der Waals surface area contributed by atoms with E-state index in [0.29, 0.717) is 12.6 Å². The van der Waals surface area contributed by atoms with Gasteiger partial charge in [-0.1, -0.05) is 6.92 Å². The highest BCUT2D eigenvalue weighted by Gasteiger charge is 2.26. The molecule has 7 nitrogen and oxygen atoms in total. The molecular weight excluding hydrogens is 306 g/mol. The lowest BCUT2D eigenvalue weighted by atomic mass is 10.1. The minimum Gasteiger partial charge on any atom is -0.380 e. The summed E-state index contributed by atoms with van der Waals surface area (Å²) in [4.78, 5) is 17.0. The first kappa shape index (κ1) is 18.9. The van der Waals surface area contributed by atoms with Gasteiger partial charge in [-0.15, -0.1) is 0 Å². The van der Waals surface area contributed by atoms with Crippen molar-refractivity contribution in [1.29, 1.82) is 0 Å². The second kappa shape index (κ2) is 9.15. The average molecular weight is 337 g/mol. The van der Waals surface area contributed by atoms with Crippen LogP contribution in [0, 0.1) is 6.92 Å². The number of hydrogen-bond donors (Lipinski definition) is 1. The molecule has 2 rings (SSSR count). The first-order valence-electron chi connectivity index (χ1n) is 8.88. The maximum Gasteiger partial charge on any atom is 0.239 e. The van der Waals surface area contributed by atoms with Gasteiger partial charge in [-0.05, 0) is 20.3 Å². The highest BCUT2D eigenvalue weighted by Crippen LogP contribution is 2.13. The van der Waals surface area contributed by atoms with E-state index in [0.717, 1.165) is 57.3 Å². The number of aryl methyl sites for hydroxylation is 2. The van der Waals surface area contributed by atoms with Gasteiger partial charge in [0.1, 0.15) is 5.82 Å². The van der Waals surface area contributed by atoms with Crippen LogP contribution in [-0.4, -0.2) is 77.5 Å². The van der Waals surface area contributed by atoms with E-state index in [1.54, 1.807) is 4.68 Å². The molecule has 0 aromatic carbocycles. The van der Waals surface area contributed by atoms with Gasteiger partial charge in [-0.25, -0.2) is 0 Å². The first-order valence-corrected chi connectivity index (χ1v) is 8.88. The predicted octanol–water partition coefficient (Wildman–Crippen LogP) is 1.10. The molecule has 0 radical (unpaired) electrons. The minimum absolute atomic E-state index is 0.0237. The van der Waals surface area contributed by atoms with Crippen LogP contribution in [-0.2, 0) is 16.6 Å². The zero-order valence-electron chi connectivity index (χ0n) is 15.4. The van der Waals surface area contributed by atoms with Crippen molar-refractivity contribution in [2.45, 2.75) is 33.2 Å². The Bertz CT molecular complexity index is 531. The summed E-state index contributed by atoms with van der Waals surface area (Å²) < 4.78 is 7.17. The molecule has 7 heteroatoms. The molecule has 1 atom stereocenters. The number of rotatable bonds is 8. The lowest BCUT2D eigenvalue weighted by Gasteiger charge is -2.40. The fourth-order valence-electron chi connectivity index (χ4n) is 3.22. The molecule has 1 aliphatic heterocycles. The number of ether oxygens (including phenoxy) is 1. The minimum atomic E-state index is 0.0237. The lowest BCUT2D eigenvalue weighted by Crippen LogP contribution is -2.55. The maximum atomic E-state index is 12.3. The standard InChI is InChI=1S/C17H31N5O2/c1-5-15-12-21(7-8-22(15)9-10-24-6-2)13-17(23)18-16-11-14(3)19-20(16)4/h11,15H,5-10,12-13H2,1-4H3,(H,18,23)/t15-/m1/s1. The summed E-state index contributed by atoms with van der Waals surface area (Å²) >= 11 is 0. The summed E-state index contributed by atoms with van der Waals surface area (Å²) in [7, 11) is 1.84. The zero-order valence-corrected chi connectivity index (χ0v) is 15.4. The smallest absolute Gasteiger partial charge is 0.239 e. The molecule has 0 unspecified atom stereocenters. The van der Waals surface area contributed by atoms with Crippen LogP contribution in [0.2, 0.25) is 0 Å². The van der Waals surface area contributed by atoms with E-state index >= 15 is 0 Å². The second-order valence-electron chi connectivity index (χ2n) is 6.37. The number of carbonyl (C=O) groups is 1. The molecule has 0 bridgehead atoms. The molecule has 24 heavy (non-hydrogen) atoms. The average Bonchev–Trinajstić information content (AvgIpc) is 2.86. The number of hydrogen-bond acceptors (Lipinski definition) is 5. The van der Waals surface area contributed by atoms with E-state index in [2.05, 4.69) is 27.1 Å². The molecule has 0 spiro atoms. The molecule has 1 fully saturated rings. The number of piperazine rings is 1. The van der Waals surface area contributed by atoms with Crippen molar-refractivity contribution in [3.05, 3.63) is 11.8 Å². The fourth-order valence-corrected chi connectivity index (χ4v) is 3.22. The maximum absolute atomic E-state index is 12.3. The van der Waals surface area contributed by atoms with Crippen molar-refractivity contribution >= 4 is 11.7 Å². The van der Waals surface area contributed by atoms with Gasteiger partial charge in [0.15, 0.2) is 0 Å². The summed E-state index contributed by atoms with van der Waals surface area (Å²) in [5.74, 6) is 0.774. The monoisotopic (exact) mass is 337 g/mol. The quantitative estimate of drug-likeness (QED) is 0.720. The molecular formula is C17H31N5O2. The molecule has 1 aliphatic rings. The van der Waals surface area contributed by atoms with Gasteiger partial charge in [-0.3, -0.25) is 19.3 Å². The molecule has 136 valence electrons. The molecule has 0 aliphatic carbocycles. The van der Waals surface area contributed by atoms with Gasteiger partial charge >= 0.3 is 0 Å². The van der Waals surface area contributed by atoms with E-state index in [4.69, 9.17) is 4.74 Å². The highest BCUT2D eigenvalue weighted by atomic mass is 16.5. The van der Waals surface area contributed by atoms with Crippen molar-refractivity contribution in [1.82, 2.24) is 19.6 Å². The van der Waals surface area contributed by atoms with Gasteiger partial charge < -0.3 is 10.1 Å². The Morgan fingerprint density at radius 3 is 2.83 bits per heavy atom. The van der Waals surface area contributed by atoms with Crippen molar-refractivity contribution in [2.24, 2.45) is 7.05 Å². The normalized spacial score (nSPS) is 19.6.